The maximum absolute atomic E-state index is 10.4. The van der Waals surface area contributed by atoms with Crippen molar-refractivity contribution < 1.29 is 14.3 Å². The molecular formula is C8H15N3O3. The van der Waals surface area contributed by atoms with Crippen molar-refractivity contribution in [2.24, 2.45) is 10.8 Å². The van der Waals surface area contributed by atoms with Crippen LogP contribution in [0.25, 0.3) is 0 Å². The minimum absolute atomic E-state index is 0.225. The van der Waals surface area contributed by atoms with Crippen LogP contribution >= 0.6 is 0 Å². The molecule has 0 radical (unpaired) electrons. The molecule has 0 aromatic heterocycles. The van der Waals surface area contributed by atoms with Crippen LogP contribution in [0, 0.1) is 0 Å². The molecule has 14 heavy (non-hydrogen) atoms. The fraction of sp³-hybridized carbons (Fsp3) is 0.750. The molecule has 1 fully saturated rings. The van der Waals surface area contributed by atoms with Crippen LogP contribution in [-0.2, 0) is 9.47 Å². The van der Waals surface area contributed by atoms with E-state index in [0.717, 1.165) is 0 Å². The van der Waals surface area contributed by atoms with Gasteiger partial charge in [-0.25, -0.2) is 10.2 Å². The molecule has 1 aliphatic rings. The largest absolute Gasteiger partial charge is 0.350 e. The van der Waals surface area contributed by atoms with Gasteiger partial charge in [-0.05, 0) is 20.8 Å². The molecule has 0 saturated carbocycles. The van der Waals surface area contributed by atoms with Gasteiger partial charge in [0.15, 0.2) is 5.79 Å². The van der Waals surface area contributed by atoms with Crippen LogP contribution in [0.5, 0.6) is 0 Å². The molecule has 0 aliphatic carbocycles. The zero-order valence-corrected chi connectivity index (χ0v) is 8.53. The molecule has 1 unspecified atom stereocenters. The van der Waals surface area contributed by atoms with Gasteiger partial charge in [-0.1, -0.05) is 0 Å². The van der Waals surface area contributed by atoms with Crippen LogP contribution in [0.2, 0.25) is 0 Å². The summed E-state index contributed by atoms with van der Waals surface area (Å²) in [6, 6.07) is -0.692. The van der Waals surface area contributed by atoms with E-state index in [9.17, 15) is 4.79 Å². The van der Waals surface area contributed by atoms with E-state index >= 15 is 0 Å². The van der Waals surface area contributed by atoms with E-state index in [-0.39, 0.29) is 6.10 Å². The molecule has 0 spiro atoms. The molecule has 80 valence electrons. The SMILES string of the molecule is C/C(=N\NC(N)=O)C1COC(C)(C)O1. The summed E-state index contributed by atoms with van der Waals surface area (Å²) in [4.78, 5) is 10.4. The lowest BCUT2D eigenvalue weighted by Crippen LogP contribution is -2.30. The third-order valence-corrected chi connectivity index (χ3v) is 1.82. The van der Waals surface area contributed by atoms with Crippen molar-refractivity contribution in [3.63, 3.8) is 0 Å². The smallest absolute Gasteiger partial charge is 0.332 e. The van der Waals surface area contributed by atoms with Crippen molar-refractivity contribution in [2.75, 3.05) is 6.61 Å². The fourth-order valence-electron chi connectivity index (χ4n) is 1.11. The Balaban J connectivity index is 2.50. The number of nitrogens with zero attached hydrogens (tertiary/aromatic N) is 1. The van der Waals surface area contributed by atoms with Crippen molar-refractivity contribution in [3.05, 3.63) is 0 Å². The Morgan fingerprint density at radius 1 is 1.64 bits per heavy atom. The number of urea groups is 1. The molecule has 1 saturated heterocycles. The van der Waals surface area contributed by atoms with Gasteiger partial charge in [0, 0.05) is 0 Å². The molecule has 3 N–H and O–H groups in total. The predicted octanol–water partition coefficient (Wildman–Crippen LogP) is 0.182. The third-order valence-electron chi connectivity index (χ3n) is 1.82. The van der Waals surface area contributed by atoms with E-state index in [0.29, 0.717) is 12.3 Å². The van der Waals surface area contributed by atoms with Crippen molar-refractivity contribution >= 4 is 11.7 Å². The Morgan fingerprint density at radius 2 is 2.29 bits per heavy atom. The Morgan fingerprint density at radius 3 is 2.71 bits per heavy atom. The van der Waals surface area contributed by atoms with Crippen molar-refractivity contribution in [1.82, 2.24) is 5.43 Å². The van der Waals surface area contributed by atoms with Crippen molar-refractivity contribution in [1.29, 1.82) is 0 Å². The molecule has 0 aromatic carbocycles. The van der Waals surface area contributed by atoms with Gasteiger partial charge in [-0.2, -0.15) is 5.10 Å². The lowest BCUT2D eigenvalue weighted by Gasteiger charge is -2.16. The van der Waals surface area contributed by atoms with Gasteiger partial charge in [0.1, 0.15) is 6.10 Å². The average molecular weight is 201 g/mol. The first-order valence-electron chi connectivity index (χ1n) is 4.32. The number of nitrogens with one attached hydrogen (secondary N) is 1. The highest BCUT2D eigenvalue weighted by Crippen LogP contribution is 2.22. The molecule has 0 bridgehead atoms. The molecule has 2 amide bonds. The first kappa shape index (κ1) is 10.9. The number of hydrogen-bond acceptors (Lipinski definition) is 4. The van der Waals surface area contributed by atoms with Crippen LogP contribution in [0.15, 0.2) is 5.10 Å². The van der Waals surface area contributed by atoms with E-state index in [1.54, 1.807) is 6.92 Å². The highest BCUT2D eigenvalue weighted by atomic mass is 16.7. The average Bonchev–Trinajstić information content (AvgIpc) is 2.41. The summed E-state index contributed by atoms with van der Waals surface area (Å²) < 4.78 is 10.8. The summed E-state index contributed by atoms with van der Waals surface area (Å²) in [5.41, 5.74) is 7.64. The van der Waals surface area contributed by atoms with E-state index in [4.69, 9.17) is 15.2 Å². The number of ether oxygens (including phenoxy) is 2. The Bertz CT molecular complexity index is 263. The number of hydrazone groups is 1. The van der Waals surface area contributed by atoms with E-state index in [2.05, 4.69) is 10.5 Å². The summed E-state index contributed by atoms with van der Waals surface area (Å²) >= 11 is 0. The maximum atomic E-state index is 10.4. The van der Waals surface area contributed by atoms with Crippen molar-refractivity contribution in [2.45, 2.75) is 32.7 Å². The van der Waals surface area contributed by atoms with Crippen LogP contribution in [0.1, 0.15) is 20.8 Å². The van der Waals surface area contributed by atoms with Gasteiger partial charge in [0.25, 0.3) is 0 Å². The highest BCUT2D eigenvalue weighted by molar-refractivity contribution is 5.87. The van der Waals surface area contributed by atoms with Crippen LogP contribution in [0.4, 0.5) is 4.79 Å². The van der Waals surface area contributed by atoms with Gasteiger partial charge >= 0.3 is 6.03 Å². The first-order valence-corrected chi connectivity index (χ1v) is 4.32. The maximum Gasteiger partial charge on any atom is 0.332 e. The zero-order valence-electron chi connectivity index (χ0n) is 8.53. The molecule has 1 rings (SSSR count). The van der Waals surface area contributed by atoms with Crippen molar-refractivity contribution in [3.8, 4) is 0 Å². The fourth-order valence-corrected chi connectivity index (χ4v) is 1.11. The lowest BCUT2D eigenvalue weighted by molar-refractivity contribution is -0.131. The summed E-state index contributed by atoms with van der Waals surface area (Å²) in [6.07, 6.45) is -0.225. The molecule has 1 heterocycles. The number of rotatable bonds is 2. The number of carbonyl (C=O) groups excluding carboxylic acids is 1. The molecule has 1 atom stereocenters. The number of amides is 2. The minimum Gasteiger partial charge on any atom is -0.350 e. The topological polar surface area (TPSA) is 85.9 Å². The standard InChI is InChI=1S/C8H15N3O3/c1-5(10-11-7(9)12)6-4-13-8(2,3)14-6/h6H,4H2,1-3H3,(H3,9,11,12)/b10-5+. The monoisotopic (exact) mass is 201 g/mol. The molecule has 6 nitrogen and oxygen atoms in total. The van der Waals surface area contributed by atoms with Crippen LogP contribution in [-0.4, -0.2) is 30.2 Å². The van der Waals surface area contributed by atoms with Gasteiger partial charge in [0.2, 0.25) is 0 Å². The van der Waals surface area contributed by atoms with Gasteiger partial charge in [-0.3, -0.25) is 0 Å². The first-order chi connectivity index (χ1) is 6.41. The highest BCUT2D eigenvalue weighted by Gasteiger charge is 2.34. The Labute approximate surface area is 82.4 Å². The number of nitrogens with two attached hydrogens (primary N) is 1. The Hall–Kier alpha value is -1.14. The predicted molar refractivity (Wildman–Crippen MR) is 50.7 cm³/mol. The summed E-state index contributed by atoms with van der Waals surface area (Å²) in [5, 5.41) is 3.76. The second-order valence-electron chi connectivity index (χ2n) is 3.55. The second kappa shape index (κ2) is 3.93. The van der Waals surface area contributed by atoms with E-state index in [1.807, 2.05) is 13.8 Å². The minimum atomic E-state index is -0.692. The number of primary amides is 1. The molecule has 1 aliphatic heterocycles. The van der Waals surface area contributed by atoms with E-state index < -0.39 is 11.8 Å². The number of hydrogen-bond donors (Lipinski definition) is 2. The zero-order chi connectivity index (χ0) is 10.8. The quantitative estimate of drug-likeness (QED) is 0.493. The normalized spacial score (nSPS) is 26.2. The lowest BCUT2D eigenvalue weighted by atomic mass is 10.2. The van der Waals surface area contributed by atoms with Crippen LogP contribution in [0.3, 0.4) is 0 Å². The second-order valence-corrected chi connectivity index (χ2v) is 3.55. The van der Waals surface area contributed by atoms with Crippen LogP contribution < -0.4 is 11.2 Å². The van der Waals surface area contributed by atoms with Gasteiger partial charge < -0.3 is 15.2 Å². The summed E-state index contributed by atoms with van der Waals surface area (Å²) in [6.45, 7) is 5.82. The summed E-state index contributed by atoms with van der Waals surface area (Å²) in [7, 11) is 0. The Kier molecular flexibility index (Phi) is 3.07. The third kappa shape index (κ3) is 2.97. The molecule has 0 aromatic rings. The summed E-state index contributed by atoms with van der Waals surface area (Å²) in [5.74, 6) is -0.589. The number of carbonyl (C=O) groups is 1. The molecular weight excluding hydrogens is 186 g/mol. The molecule has 6 heteroatoms. The van der Waals surface area contributed by atoms with E-state index in [1.165, 1.54) is 0 Å². The van der Waals surface area contributed by atoms with Gasteiger partial charge in [0.05, 0.1) is 12.3 Å². The van der Waals surface area contributed by atoms with Gasteiger partial charge in [-0.15, -0.1) is 0 Å².